The molecule has 0 aromatic heterocycles. The van der Waals surface area contributed by atoms with E-state index in [2.05, 4.69) is 10.5 Å². The lowest BCUT2D eigenvalue weighted by molar-refractivity contribution is -0.384. The van der Waals surface area contributed by atoms with Crippen LogP contribution in [0, 0.1) is 10.1 Å². The molecule has 0 saturated heterocycles. The van der Waals surface area contributed by atoms with Crippen LogP contribution < -0.4 is 19.6 Å². The molecule has 0 bridgehead atoms. The molecule has 0 atom stereocenters. The third kappa shape index (κ3) is 6.19. The van der Waals surface area contributed by atoms with Gasteiger partial charge < -0.3 is 14.2 Å². The lowest BCUT2D eigenvalue weighted by Gasteiger charge is -2.14. The summed E-state index contributed by atoms with van der Waals surface area (Å²) in [6, 6.07) is 20.6. The summed E-state index contributed by atoms with van der Waals surface area (Å²) in [5.74, 6) is 0.664. The van der Waals surface area contributed by atoms with Gasteiger partial charge in [-0.25, -0.2) is 5.43 Å². The van der Waals surface area contributed by atoms with Gasteiger partial charge >= 0.3 is 0 Å². The van der Waals surface area contributed by atoms with Crippen molar-refractivity contribution in [3.63, 3.8) is 0 Å². The average molecular weight is 534 g/mol. The molecule has 1 N–H and O–H groups in total. The Hall–Kier alpha value is -4.63. The van der Waals surface area contributed by atoms with Crippen LogP contribution in [0.3, 0.4) is 0 Å². The van der Waals surface area contributed by atoms with Gasteiger partial charge in [0.2, 0.25) is 0 Å². The molecule has 0 aliphatic carbocycles. The molecule has 0 fully saturated rings. The van der Waals surface area contributed by atoms with Crippen LogP contribution in [0.15, 0.2) is 77.9 Å². The predicted octanol–water partition coefficient (Wildman–Crippen LogP) is 6.15. The molecule has 0 saturated carbocycles. The first kappa shape index (κ1) is 26.4. The van der Waals surface area contributed by atoms with Crippen molar-refractivity contribution < 1.29 is 23.9 Å². The second-order valence-corrected chi connectivity index (χ2v) is 8.48. The van der Waals surface area contributed by atoms with E-state index >= 15 is 0 Å². The zero-order chi connectivity index (χ0) is 27.1. The standard InChI is InChI=1S/C28H24ClN3O6/c1-3-37-26-13-19(12-24(29)27(26)38-17-18-7-6-10-22(11-18)32(34)35)16-30-31-28(33)23-14-20-8-4-5-9-21(20)15-25(23)36-2/h4-16H,3,17H2,1-2H3,(H,31,33)/b30-16-. The number of carbonyl (C=O) groups excluding carboxylic acids is 1. The lowest BCUT2D eigenvalue weighted by Crippen LogP contribution is -2.18. The van der Waals surface area contributed by atoms with E-state index in [0.29, 0.717) is 40.5 Å². The topological polar surface area (TPSA) is 112 Å². The predicted molar refractivity (Wildman–Crippen MR) is 146 cm³/mol. The fraction of sp³-hybridized carbons (Fsp3) is 0.143. The SMILES string of the molecule is CCOc1cc(/C=N\NC(=O)c2cc3ccccc3cc2OC)cc(Cl)c1OCc1cccc([N+](=O)[O-])c1. The average Bonchev–Trinajstić information content (AvgIpc) is 2.92. The Bertz CT molecular complexity index is 1520. The van der Waals surface area contributed by atoms with Crippen LogP contribution >= 0.6 is 11.6 Å². The first-order valence-electron chi connectivity index (χ1n) is 11.6. The van der Waals surface area contributed by atoms with Crippen molar-refractivity contribution >= 4 is 40.2 Å². The normalized spacial score (nSPS) is 10.9. The minimum absolute atomic E-state index is 0.0304. The molecule has 38 heavy (non-hydrogen) atoms. The molecule has 0 heterocycles. The van der Waals surface area contributed by atoms with Crippen LogP contribution in [0.25, 0.3) is 10.8 Å². The Morgan fingerprint density at radius 3 is 2.50 bits per heavy atom. The summed E-state index contributed by atoms with van der Waals surface area (Å²) in [5.41, 5.74) is 4.00. The first-order chi connectivity index (χ1) is 18.4. The van der Waals surface area contributed by atoms with E-state index in [-0.39, 0.29) is 17.3 Å². The van der Waals surface area contributed by atoms with Crippen LogP contribution in [-0.4, -0.2) is 30.8 Å². The maximum atomic E-state index is 12.8. The number of ether oxygens (including phenoxy) is 3. The van der Waals surface area contributed by atoms with E-state index in [9.17, 15) is 14.9 Å². The van der Waals surface area contributed by atoms with E-state index < -0.39 is 10.8 Å². The molecular weight excluding hydrogens is 510 g/mol. The van der Waals surface area contributed by atoms with Crippen molar-refractivity contribution in [1.82, 2.24) is 5.43 Å². The smallest absolute Gasteiger partial charge is 0.275 e. The molecular formula is C28H24ClN3O6. The number of carbonyl (C=O) groups is 1. The number of non-ortho nitro benzene ring substituents is 1. The molecule has 0 radical (unpaired) electrons. The number of nitro groups is 1. The number of nitrogens with one attached hydrogen (secondary N) is 1. The van der Waals surface area contributed by atoms with Crippen molar-refractivity contribution in [2.45, 2.75) is 13.5 Å². The largest absolute Gasteiger partial charge is 0.496 e. The summed E-state index contributed by atoms with van der Waals surface area (Å²) >= 11 is 6.47. The highest BCUT2D eigenvalue weighted by molar-refractivity contribution is 6.32. The van der Waals surface area contributed by atoms with E-state index in [1.165, 1.54) is 25.5 Å². The maximum absolute atomic E-state index is 12.8. The maximum Gasteiger partial charge on any atom is 0.275 e. The Balaban J connectivity index is 1.50. The highest BCUT2D eigenvalue weighted by Gasteiger charge is 2.15. The second-order valence-electron chi connectivity index (χ2n) is 8.08. The zero-order valence-electron chi connectivity index (χ0n) is 20.6. The van der Waals surface area contributed by atoms with Crippen LogP contribution in [0.2, 0.25) is 5.02 Å². The van der Waals surface area contributed by atoms with Gasteiger partial charge in [0.15, 0.2) is 11.5 Å². The summed E-state index contributed by atoms with van der Waals surface area (Å²) in [6.45, 7) is 2.22. The fourth-order valence-corrected chi connectivity index (χ4v) is 4.05. The van der Waals surface area contributed by atoms with Crippen molar-refractivity contribution in [2.24, 2.45) is 5.10 Å². The van der Waals surface area contributed by atoms with Crippen LogP contribution in [0.4, 0.5) is 5.69 Å². The van der Waals surface area contributed by atoms with E-state index in [0.717, 1.165) is 10.8 Å². The molecule has 1 amide bonds. The minimum atomic E-state index is -0.467. The molecule has 0 spiro atoms. The second kappa shape index (κ2) is 12.1. The number of hydrogen-bond donors (Lipinski definition) is 1. The molecule has 0 unspecified atom stereocenters. The minimum Gasteiger partial charge on any atom is -0.496 e. The number of methoxy groups -OCH3 is 1. The molecule has 10 heteroatoms. The Morgan fingerprint density at radius 2 is 1.79 bits per heavy atom. The molecule has 0 aliphatic heterocycles. The highest BCUT2D eigenvalue weighted by atomic mass is 35.5. The van der Waals surface area contributed by atoms with Gasteiger partial charge in [-0.3, -0.25) is 14.9 Å². The van der Waals surface area contributed by atoms with Gasteiger partial charge in [0.1, 0.15) is 12.4 Å². The quantitative estimate of drug-likeness (QED) is 0.148. The van der Waals surface area contributed by atoms with Gasteiger partial charge in [0.05, 0.1) is 35.4 Å². The van der Waals surface area contributed by atoms with Crippen molar-refractivity contribution in [3.05, 3.63) is 105 Å². The van der Waals surface area contributed by atoms with Crippen LogP contribution in [0.1, 0.15) is 28.4 Å². The number of halogens is 1. The number of fused-ring (bicyclic) bond motifs is 1. The number of benzene rings is 4. The summed E-state index contributed by atoms with van der Waals surface area (Å²) in [7, 11) is 1.50. The third-order valence-corrected chi connectivity index (χ3v) is 5.81. The van der Waals surface area contributed by atoms with Gasteiger partial charge in [-0.05, 0) is 53.1 Å². The first-order valence-corrected chi connectivity index (χ1v) is 12.0. The Kier molecular flexibility index (Phi) is 8.40. The van der Waals surface area contributed by atoms with E-state index in [1.54, 1.807) is 36.4 Å². The molecule has 4 aromatic rings. The van der Waals surface area contributed by atoms with E-state index in [1.807, 2.05) is 31.2 Å². The highest BCUT2D eigenvalue weighted by Crippen LogP contribution is 2.37. The molecule has 4 aromatic carbocycles. The fourth-order valence-electron chi connectivity index (χ4n) is 3.77. The number of nitro benzene ring substituents is 1. The van der Waals surface area contributed by atoms with Gasteiger partial charge in [-0.1, -0.05) is 48.0 Å². The summed E-state index contributed by atoms with van der Waals surface area (Å²) < 4.78 is 16.9. The number of amides is 1. The summed E-state index contributed by atoms with van der Waals surface area (Å²) in [6.07, 6.45) is 1.43. The summed E-state index contributed by atoms with van der Waals surface area (Å²) in [4.78, 5) is 23.4. The van der Waals surface area contributed by atoms with E-state index in [4.69, 9.17) is 25.8 Å². The zero-order valence-corrected chi connectivity index (χ0v) is 21.4. The lowest BCUT2D eigenvalue weighted by atomic mass is 10.1. The van der Waals surface area contributed by atoms with Crippen molar-refractivity contribution in [3.8, 4) is 17.2 Å². The number of hydrogen-bond acceptors (Lipinski definition) is 7. The third-order valence-electron chi connectivity index (χ3n) is 5.53. The van der Waals surface area contributed by atoms with Gasteiger partial charge in [0, 0.05) is 12.1 Å². The van der Waals surface area contributed by atoms with Crippen molar-refractivity contribution in [1.29, 1.82) is 0 Å². The molecule has 4 rings (SSSR count). The Labute approximate surface area is 223 Å². The number of hydrazone groups is 1. The van der Waals surface area contributed by atoms with Crippen molar-refractivity contribution in [2.75, 3.05) is 13.7 Å². The molecule has 9 nitrogen and oxygen atoms in total. The monoisotopic (exact) mass is 533 g/mol. The number of nitrogens with zero attached hydrogens (tertiary/aromatic N) is 2. The van der Waals surface area contributed by atoms with Gasteiger partial charge in [-0.15, -0.1) is 0 Å². The summed E-state index contributed by atoms with van der Waals surface area (Å²) in [5, 5.41) is 17.2. The van der Waals surface area contributed by atoms with Gasteiger partial charge in [0.25, 0.3) is 11.6 Å². The van der Waals surface area contributed by atoms with Gasteiger partial charge in [-0.2, -0.15) is 5.10 Å². The van der Waals surface area contributed by atoms with Crippen LogP contribution in [0.5, 0.6) is 17.2 Å². The Morgan fingerprint density at radius 1 is 1.03 bits per heavy atom. The molecule has 0 aliphatic rings. The van der Waals surface area contributed by atoms with Crippen LogP contribution in [-0.2, 0) is 6.61 Å². The number of rotatable bonds is 10. The molecule has 194 valence electrons.